The average Bonchev–Trinajstić information content (AvgIpc) is 2.76. The number of piperazine rings is 1. The number of urea groups is 1. The largest absolute Gasteiger partial charge is 0.369 e. The quantitative estimate of drug-likeness (QED) is 0.693. The molecule has 2 amide bonds. The van der Waals surface area contributed by atoms with E-state index in [1.807, 2.05) is 19.2 Å². The Balaban J connectivity index is 1.27. The number of aryl methyl sites for hydroxylation is 1. The van der Waals surface area contributed by atoms with Crippen LogP contribution in [0.5, 0.6) is 0 Å². The van der Waals surface area contributed by atoms with E-state index < -0.39 is 0 Å². The molecule has 1 heterocycles. The average molecular weight is 395 g/mol. The highest BCUT2D eigenvalue weighted by atomic mass is 16.2. The van der Waals surface area contributed by atoms with Crippen molar-refractivity contribution in [1.82, 2.24) is 15.1 Å². The molecule has 0 aliphatic carbocycles. The number of hydrogen-bond acceptors (Lipinski definition) is 3. The van der Waals surface area contributed by atoms with E-state index in [1.54, 1.807) is 4.90 Å². The molecule has 1 saturated heterocycles. The first-order chi connectivity index (χ1) is 14.1. The van der Waals surface area contributed by atoms with E-state index in [0.29, 0.717) is 6.54 Å². The number of nitrogens with zero attached hydrogens (tertiary/aromatic N) is 3. The SMILES string of the molecule is Cc1ccccc1CN(C)C(=O)NCCCCN1CCN(c2ccccc2)CC1. The van der Waals surface area contributed by atoms with E-state index in [1.165, 1.54) is 16.8 Å². The molecule has 0 saturated carbocycles. The van der Waals surface area contributed by atoms with Crippen molar-refractivity contribution in [1.29, 1.82) is 0 Å². The third-order valence-electron chi connectivity index (χ3n) is 5.69. The summed E-state index contributed by atoms with van der Waals surface area (Å²) in [4.78, 5) is 19.0. The van der Waals surface area contributed by atoms with E-state index >= 15 is 0 Å². The van der Waals surface area contributed by atoms with Gasteiger partial charge in [0.25, 0.3) is 0 Å². The van der Waals surface area contributed by atoms with Crippen molar-refractivity contribution in [3.8, 4) is 0 Å². The van der Waals surface area contributed by atoms with Crippen molar-refractivity contribution < 1.29 is 4.79 Å². The fourth-order valence-electron chi connectivity index (χ4n) is 3.77. The predicted octanol–water partition coefficient (Wildman–Crippen LogP) is 3.74. The van der Waals surface area contributed by atoms with E-state index in [0.717, 1.165) is 52.1 Å². The highest BCUT2D eigenvalue weighted by Gasteiger charge is 2.16. The van der Waals surface area contributed by atoms with Crippen LogP contribution in [-0.4, -0.2) is 62.1 Å². The Morgan fingerprint density at radius 2 is 1.66 bits per heavy atom. The summed E-state index contributed by atoms with van der Waals surface area (Å²) in [6.07, 6.45) is 2.13. The standard InChI is InChI=1S/C24H34N4O/c1-21-10-6-7-11-22(21)20-26(2)24(29)25-14-8-9-15-27-16-18-28(19-17-27)23-12-4-3-5-13-23/h3-7,10-13H,8-9,14-20H2,1-2H3,(H,25,29). The number of para-hydroxylation sites is 1. The number of unbranched alkanes of at least 4 members (excludes halogenated alkanes) is 1. The highest BCUT2D eigenvalue weighted by Crippen LogP contribution is 2.15. The molecule has 0 aromatic heterocycles. The highest BCUT2D eigenvalue weighted by molar-refractivity contribution is 5.73. The summed E-state index contributed by atoms with van der Waals surface area (Å²) >= 11 is 0. The second kappa shape index (κ2) is 10.9. The lowest BCUT2D eigenvalue weighted by molar-refractivity contribution is 0.206. The van der Waals surface area contributed by atoms with Gasteiger partial charge in [-0.15, -0.1) is 0 Å². The summed E-state index contributed by atoms with van der Waals surface area (Å²) < 4.78 is 0. The van der Waals surface area contributed by atoms with Gasteiger partial charge in [-0.3, -0.25) is 4.90 Å². The van der Waals surface area contributed by atoms with Crippen molar-refractivity contribution in [2.75, 3.05) is 51.2 Å². The maximum Gasteiger partial charge on any atom is 0.317 e. The fraction of sp³-hybridized carbons (Fsp3) is 0.458. The molecule has 3 rings (SSSR count). The third kappa shape index (κ3) is 6.50. The molecule has 0 unspecified atom stereocenters. The van der Waals surface area contributed by atoms with Crippen LogP contribution in [0.15, 0.2) is 54.6 Å². The summed E-state index contributed by atoms with van der Waals surface area (Å²) in [5.74, 6) is 0. The van der Waals surface area contributed by atoms with Crippen LogP contribution in [0.25, 0.3) is 0 Å². The van der Waals surface area contributed by atoms with Crippen LogP contribution in [0.2, 0.25) is 0 Å². The Kier molecular flexibility index (Phi) is 7.94. The number of carbonyl (C=O) groups is 1. The number of hydrogen-bond donors (Lipinski definition) is 1. The van der Waals surface area contributed by atoms with Gasteiger partial charge in [-0.2, -0.15) is 0 Å². The lowest BCUT2D eigenvalue weighted by Crippen LogP contribution is -2.46. The zero-order valence-corrected chi connectivity index (χ0v) is 17.8. The van der Waals surface area contributed by atoms with Gasteiger partial charge in [-0.05, 0) is 49.6 Å². The lowest BCUT2D eigenvalue weighted by Gasteiger charge is -2.36. The van der Waals surface area contributed by atoms with Gasteiger partial charge in [0.2, 0.25) is 0 Å². The van der Waals surface area contributed by atoms with Gasteiger partial charge in [-0.1, -0.05) is 42.5 Å². The predicted molar refractivity (Wildman–Crippen MR) is 120 cm³/mol. The van der Waals surface area contributed by atoms with Gasteiger partial charge in [0.1, 0.15) is 0 Å². The molecular formula is C24H34N4O. The van der Waals surface area contributed by atoms with Gasteiger partial charge in [0, 0.05) is 52.0 Å². The van der Waals surface area contributed by atoms with Crippen LogP contribution in [0.4, 0.5) is 10.5 Å². The minimum atomic E-state index is 0.00438. The van der Waals surface area contributed by atoms with Crippen molar-refractivity contribution >= 4 is 11.7 Å². The van der Waals surface area contributed by atoms with E-state index in [2.05, 4.69) is 64.5 Å². The maximum absolute atomic E-state index is 12.3. The molecule has 0 bridgehead atoms. The minimum Gasteiger partial charge on any atom is -0.369 e. The van der Waals surface area contributed by atoms with Crippen LogP contribution < -0.4 is 10.2 Å². The number of rotatable bonds is 8. The first-order valence-corrected chi connectivity index (χ1v) is 10.7. The maximum atomic E-state index is 12.3. The second-order valence-corrected chi connectivity index (χ2v) is 7.89. The third-order valence-corrected chi connectivity index (χ3v) is 5.69. The minimum absolute atomic E-state index is 0.00438. The molecule has 0 spiro atoms. The molecule has 2 aromatic carbocycles. The van der Waals surface area contributed by atoms with E-state index in [4.69, 9.17) is 0 Å². The van der Waals surface area contributed by atoms with Crippen molar-refractivity contribution in [3.05, 3.63) is 65.7 Å². The summed E-state index contributed by atoms with van der Waals surface area (Å²) in [5, 5.41) is 3.05. The summed E-state index contributed by atoms with van der Waals surface area (Å²) in [6.45, 7) is 8.97. The monoisotopic (exact) mass is 394 g/mol. The van der Waals surface area contributed by atoms with Crippen LogP contribution in [0.3, 0.4) is 0 Å². The zero-order valence-electron chi connectivity index (χ0n) is 17.8. The first kappa shape index (κ1) is 21.2. The van der Waals surface area contributed by atoms with Crippen LogP contribution >= 0.6 is 0 Å². The van der Waals surface area contributed by atoms with E-state index in [-0.39, 0.29) is 6.03 Å². The second-order valence-electron chi connectivity index (χ2n) is 7.89. The molecular weight excluding hydrogens is 360 g/mol. The van der Waals surface area contributed by atoms with Crippen molar-refractivity contribution in [2.24, 2.45) is 0 Å². The van der Waals surface area contributed by atoms with Crippen molar-refractivity contribution in [2.45, 2.75) is 26.3 Å². The molecule has 29 heavy (non-hydrogen) atoms. The molecule has 0 atom stereocenters. The summed E-state index contributed by atoms with van der Waals surface area (Å²) in [5.41, 5.74) is 3.74. The number of carbonyl (C=O) groups excluding carboxylic acids is 1. The molecule has 156 valence electrons. The Bertz CT molecular complexity index is 756. The number of benzene rings is 2. The van der Waals surface area contributed by atoms with Gasteiger partial charge < -0.3 is 15.1 Å². The Hall–Kier alpha value is -2.53. The first-order valence-electron chi connectivity index (χ1n) is 10.7. The molecule has 5 nitrogen and oxygen atoms in total. The van der Waals surface area contributed by atoms with E-state index in [9.17, 15) is 4.79 Å². The summed E-state index contributed by atoms with van der Waals surface area (Å²) in [6, 6.07) is 18.9. The fourth-order valence-corrected chi connectivity index (χ4v) is 3.77. The normalized spacial score (nSPS) is 14.6. The van der Waals surface area contributed by atoms with Gasteiger partial charge in [0.15, 0.2) is 0 Å². The molecule has 2 aromatic rings. The number of nitrogens with one attached hydrogen (secondary N) is 1. The number of amides is 2. The molecule has 1 aliphatic heterocycles. The molecule has 1 fully saturated rings. The van der Waals surface area contributed by atoms with Gasteiger partial charge >= 0.3 is 6.03 Å². The molecule has 1 aliphatic rings. The molecule has 0 radical (unpaired) electrons. The van der Waals surface area contributed by atoms with Crippen LogP contribution in [0, 0.1) is 6.92 Å². The summed E-state index contributed by atoms with van der Waals surface area (Å²) in [7, 11) is 1.86. The van der Waals surface area contributed by atoms with Gasteiger partial charge in [0.05, 0.1) is 0 Å². The Morgan fingerprint density at radius 3 is 2.38 bits per heavy atom. The van der Waals surface area contributed by atoms with Crippen LogP contribution in [0.1, 0.15) is 24.0 Å². The Morgan fingerprint density at radius 1 is 0.966 bits per heavy atom. The van der Waals surface area contributed by atoms with Gasteiger partial charge in [-0.25, -0.2) is 4.79 Å². The smallest absolute Gasteiger partial charge is 0.317 e. The number of anilines is 1. The topological polar surface area (TPSA) is 38.8 Å². The van der Waals surface area contributed by atoms with Crippen LogP contribution in [-0.2, 0) is 6.54 Å². The Labute approximate surface area is 175 Å². The molecule has 1 N–H and O–H groups in total. The van der Waals surface area contributed by atoms with Crippen molar-refractivity contribution in [3.63, 3.8) is 0 Å². The zero-order chi connectivity index (χ0) is 20.5. The molecule has 5 heteroatoms. The lowest BCUT2D eigenvalue weighted by atomic mass is 10.1.